The third-order valence-electron chi connectivity index (χ3n) is 5.29. The summed E-state index contributed by atoms with van der Waals surface area (Å²) in [6.45, 7) is 2.51. The Bertz CT molecular complexity index is 564. The molecule has 1 aromatic carbocycles. The second-order valence-electron chi connectivity index (χ2n) is 6.76. The van der Waals surface area contributed by atoms with E-state index in [1.165, 1.54) is 19.3 Å². The van der Waals surface area contributed by atoms with Gasteiger partial charge in [-0.05, 0) is 62.6 Å². The van der Waals surface area contributed by atoms with Crippen LogP contribution in [0.4, 0.5) is 5.69 Å². The van der Waals surface area contributed by atoms with Gasteiger partial charge in [0.15, 0.2) is 0 Å². The van der Waals surface area contributed by atoms with Gasteiger partial charge in [-0.1, -0.05) is 22.4 Å². The van der Waals surface area contributed by atoms with Crippen molar-refractivity contribution in [1.82, 2.24) is 0 Å². The molecule has 2 fully saturated rings. The Balaban J connectivity index is 1.70. The zero-order valence-corrected chi connectivity index (χ0v) is 15.1. The molecule has 2 unspecified atom stereocenters. The zero-order chi connectivity index (χ0) is 16.4. The maximum Gasteiger partial charge on any atom is 0.227 e. The van der Waals surface area contributed by atoms with E-state index in [4.69, 9.17) is 10.5 Å². The van der Waals surface area contributed by atoms with E-state index in [1.807, 2.05) is 25.1 Å². The van der Waals surface area contributed by atoms with Gasteiger partial charge in [0, 0.05) is 16.4 Å². The number of hydrogen-bond acceptors (Lipinski definition) is 3. The minimum Gasteiger partial charge on any atom is -0.492 e. The lowest BCUT2D eigenvalue weighted by atomic mass is 9.65. The Hall–Kier alpha value is -1.07. The molecule has 4 nitrogen and oxygen atoms in total. The van der Waals surface area contributed by atoms with Gasteiger partial charge in [-0.2, -0.15) is 0 Å². The highest BCUT2D eigenvalue weighted by Gasteiger charge is 2.40. The number of nitrogens with one attached hydrogen (secondary N) is 1. The van der Waals surface area contributed by atoms with Crippen LogP contribution in [0.2, 0.25) is 0 Å². The summed E-state index contributed by atoms with van der Waals surface area (Å²) in [6.07, 6.45) is 5.44. The van der Waals surface area contributed by atoms with Crippen molar-refractivity contribution >= 4 is 27.5 Å². The highest BCUT2D eigenvalue weighted by Crippen LogP contribution is 2.42. The number of amides is 1. The SMILES string of the molecule is CCOc1cc(Br)ccc1NC(=O)C1CC2CCCC(C1)C2N. The first-order valence-corrected chi connectivity index (χ1v) is 9.36. The van der Waals surface area contributed by atoms with Crippen LogP contribution in [0.3, 0.4) is 0 Å². The molecule has 0 saturated heterocycles. The molecule has 0 spiro atoms. The molecule has 0 radical (unpaired) electrons. The number of hydrogen-bond donors (Lipinski definition) is 2. The largest absolute Gasteiger partial charge is 0.492 e. The summed E-state index contributed by atoms with van der Waals surface area (Å²) < 4.78 is 6.57. The zero-order valence-electron chi connectivity index (χ0n) is 13.6. The van der Waals surface area contributed by atoms with Crippen LogP contribution in [0.15, 0.2) is 22.7 Å². The fraction of sp³-hybridized carbons (Fsp3) is 0.611. The van der Waals surface area contributed by atoms with Crippen LogP contribution < -0.4 is 15.8 Å². The second-order valence-corrected chi connectivity index (χ2v) is 7.68. The molecule has 126 valence electrons. The Morgan fingerprint density at radius 3 is 2.70 bits per heavy atom. The van der Waals surface area contributed by atoms with E-state index in [9.17, 15) is 4.79 Å². The molecule has 1 amide bonds. The first-order chi connectivity index (χ1) is 11.1. The summed E-state index contributed by atoms with van der Waals surface area (Å²) in [4.78, 5) is 12.7. The molecule has 2 bridgehead atoms. The van der Waals surface area contributed by atoms with Crippen molar-refractivity contribution < 1.29 is 9.53 Å². The number of fused-ring (bicyclic) bond motifs is 2. The molecule has 0 heterocycles. The molecule has 5 heteroatoms. The lowest BCUT2D eigenvalue weighted by molar-refractivity contribution is -0.122. The van der Waals surface area contributed by atoms with Crippen molar-refractivity contribution in [3.63, 3.8) is 0 Å². The van der Waals surface area contributed by atoms with Gasteiger partial charge in [0.05, 0.1) is 12.3 Å². The standard InChI is InChI=1S/C18H25BrN2O2/c1-2-23-16-10-14(19)6-7-15(16)21-18(22)13-8-11-4-3-5-12(9-13)17(11)20/h6-7,10-13,17H,2-5,8-9,20H2,1H3,(H,21,22). The van der Waals surface area contributed by atoms with Gasteiger partial charge in [0.1, 0.15) is 5.75 Å². The average molecular weight is 381 g/mol. The Morgan fingerprint density at radius 1 is 1.35 bits per heavy atom. The van der Waals surface area contributed by atoms with Crippen molar-refractivity contribution in [3.05, 3.63) is 22.7 Å². The molecule has 2 aliphatic rings. The predicted molar refractivity (Wildman–Crippen MR) is 95.5 cm³/mol. The molecule has 0 aliphatic heterocycles. The van der Waals surface area contributed by atoms with Crippen LogP contribution >= 0.6 is 15.9 Å². The number of benzene rings is 1. The highest BCUT2D eigenvalue weighted by molar-refractivity contribution is 9.10. The smallest absolute Gasteiger partial charge is 0.227 e. The van der Waals surface area contributed by atoms with Gasteiger partial charge >= 0.3 is 0 Å². The Morgan fingerprint density at radius 2 is 2.04 bits per heavy atom. The summed E-state index contributed by atoms with van der Waals surface area (Å²) in [7, 11) is 0. The van der Waals surface area contributed by atoms with Gasteiger partial charge in [-0.25, -0.2) is 0 Å². The van der Waals surface area contributed by atoms with Crippen LogP contribution in [0.1, 0.15) is 39.0 Å². The van der Waals surface area contributed by atoms with Crippen LogP contribution in [0.5, 0.6) is 5.75 Å². The summed E-state index contributed by atoms with van der Waals surface area (Å²) in [5, 5.41) is 3.07. The van der Waals surface area contributed by atoms with Crippen molar-refractivity contribution in [3.8, 4) is 5.75 Å². The van der Waals surface area contributed by atoms with E-state index in [-0.39, 0.29) is 11.8 Å². The van der Waals surface area contributed by atoms with Crippen LogP contribution in [0.25, 0.3) is 0 Å². The lowest BCUT2D eigenvalue weighted by Gasteiger charge is -2.43. The quantitative estimate of drug-likeness (QED) is 0.831. The number of carbonyl (C=O) groups excluding carboxylic acids is 1. The minimum absolute atomic E-state index is 0.0724. The van der Waals surface area contributed by atoms with Crippen LogP contribution in [-0.2, 0) is 4.79 Å². The molecule has 2 atom stereocenters. The Kier molecular flexibility index (Phi) is 5.27. The third kappa shape index (κ3) is 3.72. The highest BCUT2D eigenvalue weighted by atomic mass is 79.9. The topological polar surface area (TPSA) is 64.3 Å². The number of anilines is 1. The second kappa shape index (κ2) is 7.22. The van der Waals surface area contributed by atoms with Crippen LogP contribution in [0, 0.1) is 17.8 Å². The molecule has 0 aromatic heterocycles. The molecule has 2 saturated carbocycles. The van der Waals surface area contributed by atoms with E-state index in [2.05, 4.69) is 21.2 Å². The molecular weight excluding hydrogens is 356 g/mol. The van der Waals surface area contributed by atoms with Crippen molar-refractivity contribution in [1.29, 1.82) is 0 Å². The number of rotatable bonds is 4. The van der Waals surface area contributed by atoms with E-state index < -0.39 is 0 Å². The van der Waals surface area contributed by atoms with E-state index in [1.54, 1.807) is 0 Å². The van der Waals surface area contributed by atoms with E-state index >= 15 is 0 Å². The van der Waals surface area contributed by atoms with Gasteiger partial charge in [-0.15, -0.1) is 0 Å². The van der Waals surface area contributed by atoms with Gasteiger partial charge in [0.25, 0.3) is 0 Å². The van der Waals surface area contributed by atoms with Gasteiger partial charge in [0.2, 0.25) is 5.91 Å². The third-order valence-corrected chi connectivity index (χ3v) is 5.78. The number of ether oxygens (including phenoxy) is 1. The van der Waals surface area contributed by atoms with E-state index in [0.717, 1.165) is 23.0 Å². The van der Waals surface area contributed by atoms with Crippen LogP contribution in [-0.4, -0.2) is 18.6 Å². The lowest BCUT2D eigenvalue weighted by Crippen LogP contribution is -2.48. The molecule has 3 rings (SSSR count). The van der Waals surface area contributed by atoms with Gasteiger partial charge in [-0.3, -0.25) is 4.79 Å². The maximum atomic E-state index is 12.7. The summed E-state index contributed by atoms with van der Waals surface area (Å²) in [5.74, 6) is 1.91. The van der Waals surface area contributed by atoms with Crippen molar-refractivity contribution in [2.45, 2.75) is 45.1 Å². The first kappa shape index (κ1) is 16.8. The Labute approximate surface area is 146 Å². The predicted octanol–water partition coefficient (Wildman–Crippen LogP) is 3.94. The normalized spacial score (nSPS) is 29.9. The summed E-state index contributed by atoms with van der Waals surface area (Å²) in [6, 6.07) is 6.00. The molecule has 1 aromatic rings. The number of halogens is 1. The van der Waals surface area contributed by atoms with Gasteiger partial charge < -0.3 is 15.8 Å². The molecule has 23 heavy (non-hydrogen) atoms. The summed E-state index contributed by atoms with van der Waals surface area (Å²) >= 11 is 3.44. The molecular formula is C18H25BrN2O2. The summed E-state index contributed by atoms with van der Waals surface area (Å²) in [5.41, 5.74) is 7.07. The minimum atomic E-state index is 0.0724. The molecule has 2 aliphatic carbocycles. The number of nitrogens with two attached hydrogens (primary N) is 1. The molecule has 3 N–H and O–H groups in total. The first-order valence-electron chi connectivity index (χ1n) is 8.57. The maximum absolute atomic E-state index is 12.7. The average Bonchev–Trinajstić information content (AvgIpc) is 2.50. The fourth-order valence-electron chi connectivity index (χ4n) is 4.11. The van der Waals surface area contributed by atoms with Crippen molar-refractivity contribution in [2.75, 3.05) is 11.9 Å². The number of carbonyl (C=O) groups is 1. The van der Waals surface area contributed by atoms with Crippen molar-refractivity contribution in [2.24, 2.45) is 23.5 Å². The monoisotopic (exact) mass is 380 g/mol. The fourth-order valence-corrected chi connectivity index (χ4v) is 4.45. The van der Waals surface area contributed by atoms with E-state index in [0.29, 0.717) is 30.2 Å².